The first-order chi connectivity index (χ1) is 6.28. The second-order valence-electron chi connectivity index (χ2n) is 5.87. The fraction of sp³-hybridized carbons (Fsp3) is 0.917. The molecule has 0 atom stereocenters. The molecule has 1 fully saturated rings. The molecule has 14 heavy (non-hydrogen) atoms. The van der Waals surface area contributed by atoms with Gasteiger partial charge in [-0.05, 0) is 25.2 Å². The van der Waals surface area contributed by atoms with Crippen LogP contribution in [-0.4, -0.2) is 11.4 Å². The highest BCUT2D eigenvalue weighted by Gasteiger charge is 2.42. The van der Waals surface area contributed by atoms with Gasteiger partial charge in [-0.1, -0.05) is 34.6 Å². The van der Waals surface area contributed by atoms with Gasteiger partial charge in [-0.25, -0.2) is 0 Å². The van der Waals surface area contributed by atoms with E-state index in [-0.39, 0.29) is 16.9 Å². The van der Waals surface area contributed by atoms with Crippen molar-refractivity contribution in [2.75, 3.05) is 0 Å². The van der Waals surface area contributed by atoms with Gasteiger partial charge in [-0.15, -0.1) is 0 Å². The molecule has 0 aromatic rings. The zero-order chi connectivity index (χ0) is 11.0. The molecule has 0 saturated heterocycles. The van der Waals surface area contributed by atoms with Crippen molar-refractivity contribution in [2.24, 2.45) is 11.3 Å². The number of amides is 1. The van der Waals surface area contributed by atoms with E-state index < -0.39 is 0 Å². The van der Waals surface area contributed by atoms with Crippen molar-refractivity contribution in [1.29, 1.82) is 0 Å². The largest absolute Gasteiger partial charge is 0.350 e. The van der Waals surface area contributed by atoms with Crippen LogP contribution in [0.25, 0.3) is 0 Å². The van der Waals surface area contributed by atoms with Gasteiger partial charge in [0.1, 0.15) is 0 Å². The van der Waals surface area contributed by atoms with Crippen molar-refractivity contribution in [3.05, 3.63) is 0 Å². The van der Waals surface area contributed by atoms with Crippen LogP contribution in [0, 0.1) is 11.3 Å². The molecule has 1 aliphatic carbocycles. The van der Waals surface area contributed by atoms with Crippen molar-refractivity contribution < 1.29 is 4.79 Å². The maximum Gasteiger partial charge on any atom is 0.225 e. The predicted molar refractivity (Wildman–Crippen MR) is 59.0 cm³/mol. The Bertz CT molecular complexity index is 221. The lowest BCUT2D eigenvalue weighted by Crippen LogP contribution is -2.59. The van der Waals surface area contributed by atoms with Crippen LogP contribution in [0.1, 0.15) is 53.9 Å². The fourth-order valence-corrected chi connectivity index (χ4v) is 1.82. The highest BCUT2D eigenvalue weighted by Crippen LogP contribution is 2.38. The molecule has 1 amide bonds. The van der Waals surface area contributed by atoms with E-state index in [1.165, 1.54) is 6.42 Å². The minimum atomic E-state index is -0.266. The Morgan fingerprint density at radius 3 is 2.00 bits per heavy atom. The first-order valence-electron chi connectivity index (χ1n) is 5.60. The number of hydrogen-bond acceptors (Lipinski definition) is 1. The number of carbonyl (C=O) groups excluding carboxylic acids is 1. The quantitative estimate of drug-likeness (QED) is 0.724. The summed E-state index contributed by atoms with van der Waals surface area (Å²) in [5.41, 5.74) is -0.165. The molecule has 0 aromatic heterocycles. The standard InChI is InChI=1S/C12H23NO/c1-9(2)12(7-6-8-12)13-10(14)11(3,4)5/h9H,6-8H2,1-5H3,(H,13,14). The van der Waals surface area contributed by atoms with E-state index in [9.17, 15) is 4.79 Å². The molecule has 0 radical (unpaired) electrons. The van der Waals surface area contributed by atoms with Crippen LogP contribution >= 0.6 is 0 Å². The zero-order valence-corrected chi connectivity index (χ0v) is 10.1. The van der Waals surface area contributed by atoms with Gasteiger partial charge in [-0.3, -0.25) is 4.79 Å². The molecule has 0 heterocycles. The van der Waals surface area contributed by atoms with Gasteiger partial charge >= 0.3 is 0 Å². The van der Waals surface area contributed by atoms with E-state index >= 15 is 0 Å². The van der Waals surface area contributed by atoms with Crippen LogP contribution in [-0.2, 0) is 4.79 Å². The number of nitrogens with one attached hydrogen (secondary N) is 1. The van der Waals surface area contributed by atoms with E-state index in [1.54, 1.807) is 0 Å². The molecule has 1 aliphatic rings. The molecule has 1 N–H and O–H groups in total. The number of hydrogen-bond donors (Lipinski definition) is 1. The van der Waals surface area contributed by atoms with Crippen LogP contribution in [0.4, 0.5) is 0 Å². The fourth-order valence-electron chi connectivity index (χ4n) is 1.82. The van der Waals surface area contributed by atoms with Gasteiger partial charge in [0.05, 0.1) is 0 Å². The topological polar surface area (TPSA) is 29.1 Å². The maximum absolute atomic E-state index is 11.9. The van der Waals surface area contributed by atoms with Gasteiger partial charge in [-0.2, -0.15) is 0 Å². The van der Waals surface area contributed by atoms with Crippen molar-refractivity contribution >= 4 is 5.91 Å². The third kappa shape index (κ3) is 2.10. The van der Waals surface area contributed by atoms with E-state index in [0.717, 1.165) is 12.8 Å². The summed E-state index contributed by atoms with van der Waals surface area (Å²) in [6.07, 6.45) is 3.54. The highest BCUT2D eigenvalue weighted by molar-refractivity contribution is 5.82. The molecule has 1 saturated carbocycles. The van der Waals surface area contributed by atoms with Gasteiger partial charge < -0.3 is 5.32 Å². The van der Waals surface area contributed by atoms with Crippen molar-refractivity contribution in [1.82, 2.24) is 5.32 Å². The smallest absolute Gasteiger partial charge is 0.225 e. The lowest BCUT2D eigenvalue weighted by molar-refractivity contribution is -0.132. The number of rotatable bonds is 2. The first kappa shape index (κ1) is 11.5. The molecule has 0 aliphatic heterocycles. The molecule has 2 nitrogen and oxygen atoms in total. The minimum absolute atomic E-state index is 0.102. The normalized spacial score (nSPS) is 20.4. The van der Waals surface area contributed by atoms with E-state index in [0.29, 0.717) is 5.92 Å². The summed E-state index contributed by atoms with van der Waals surface area (Å²) >= 11 is 0. The van der Waals surface area contributed by atoms with Gasteiger partial charge in [0, 0.05) is 11.0 Å². The average Bonchev–Trinajstić information content (AvgIpc) is 1.93. The average molecular weight is 197 g/mol. The van der Waals surface area contributed by atoms with E-state index in [1.807, 2.05) is 20.8 Å². The molecular formula is C12H23NO. The van der Waals surface area contributed by atoms with Gasteiger partial charge in [0.15, 0.2) is 0 Å². The second kappa shape index (κ2) is 3.56. The summed E-state index contributed by atoms with van der Waals surface area (Å²) in [4.78, 5) is 11.9. The van der Waals surface area contributed by atoms with E-state index in [2.05, 4.69) is 19.2 Å². The molecule has 82 valence electrons. The molecule has 0 bridgehead atoms. The van der Waals surface area contributed by atoms with E-state index in [4.69, 9.17) is 0 Å². The van der Waals surface area contributed by atoms with Crippen LogP contribution in [0.3, 0.4) is 0 Å². The molecule has 1 rings (SSSR count). The lowest BCUT2D eigenvalue weighted by atomic mass is 9.69. The zero-order valence-electron chi connectivity index (χ0n) is 10.1. The predicted octanol–water partition coefficient (Wildman–Crippen LogP) is 2.73. The molecular weight excluding hydrogens is 174 g/mol. The second-order valence-corrected chi connectivity index (χ2v) is 5.87. The van der Waals surface area contributed by atoms with Gasteiger partial charge in [0.25, 0.3) is 0 Å². The summed E-state index contributed by atoms with van der Waals surface area (Å²) < 4.78 is 0. The van der Waals surface area contributed by atoms with Crippen molar-refractivity contribution in [3.63, 3.8) is 0 Å². The minimum Gasteiger partial charge on any atom is -0.350 e. The molecule has 0 unspecified atom stereocenters. The Hall–Kier alpha value is -0.530. The summed E-state index contributed by atoms with van der Waals surface area (Å²) in [5.74, 6) is 0.730. The Morgan fingerprint density at radius 1 is 1.29 bits per heavy atom. The van der Waals surface area contributed by atoms with Crippen molar-refractivity contribution in [3.8, 4) is 0 Å². The lowest BCUT2D eigenvalue weighted by Gasteiger charge is -2.47. The van der Waals surface area contributed by atoms with Crippen LogP contribution in [0.15, 0.2) is 0 Å². The summed E-state index contributed by atoms with van der Waals surface area (Å²) in [5, 5.41) is 3.23. The molecule has 0 aromatic carbocycles. The monoisotopic (exact) mass is 197 g/mol. The van der Waals surface area contributed by atoms with Gasteiger partial charge in [0.2, 0.25) is 5.91 Å². The molecule has 0 spiro atoms. The highest BCUT2D eigenvalue weighted by atomic mass is 16.2. The Morgan fingerprint density at radius 2 is 1.79 bits per heavy atom. The Balaban J connectivity index is 2.62. The van der Waals surface area contributed by atoms with Crippen molar-refractivity contribution in [2.45, 2.75) is 59.4 Å². The summed E-state index contributed by atoms with van der Waals surface area (Å²) in [6.45, 7) is 10.3. The Kier molecular flexibility index (Phi) is 2.93. The SMILES string of the molecule is CC(C)C1(NC(=O)C(C)(C)C)CCC1. The third-order valence-electron chi connectivity index (χ3n) is 3.39. The van der Waals surface area contributed by atoms with Crippen LogP contribution < -0.4 is 5.32 Å². The summed E-state index contributed by atoms with van der Waals surface area (Å²) in [6, 6.07) is 0. The van der Waals surface area contributed by atoms with Crippen LogP contribution in [0.2, 0.25) is 0 Å². The Labute approximate surface area is 87.5 Å². The third-order valence-corrected chi connectivity index (χ3v) is 3.39. The van der Waals surface area contributed by atoms with Crippen LogP contribution in [0.5, 0.6) is 0 Å². The number of carbonyl (C=O) groups is 1. The first-order valence-corrected chi connectivity index (χ1v) is 5.60. The maximum atomic E-state index is 11.9. The summed E-state index contributed by atoms with van der Waals surface area (Å²) in [7, 11) is 0. The molecule has 2 heteroatoms.